The molecule has 0 aliphatic heterocycles. The van der Waals surface area contributed by atoms with Crippen LogP contribution in [0.25, 0.3) is 0 Å². The van der Waals surface area contributed by atoms with Crippen LogP contribution in [-0.4, -0.2) is 17.1 Å². The van der Waals surface area contributed by atoms with Crippen molar-refractivity contribution < 1.29 is 26.7 Å². The van der Waals surface area contributed by atoms with Crippen LogP contribution in [-0.2, 0) is 11.2 Å². The van der Waals surface area contributed by atoms with E-state index in [0.717, 1.165) is 12.1 Å². The number of nitrogens with zero attached hydrogens (tertiary/aromatic N) is 1. The van der Waals surface area contributed by atoms with Crippen LogP contribution >= 0.6 is 0 Å². The fraction of sp³-hybridized carbons (Fsp3) is 0.200. The molecule has 8 heteroatoms. The largest absolute Gasteiger partial charge is 0.412 e. The molecule has 0 bridgehead atoms. The molecule has 1 amide bonds. The molecule has 0 aliphatic rings. The minimum Gasteiger partial charge on any atom is -0.340 e. The first kappa shape index (κ1) is 16.9. The van der Waals surface area contributed by atoms with Gasteiger partial charge in [-0.25, -0.2) is 8.78 Å². The highest BCUT2D eigenvalue weighted by Crippen LogP contribution is 2.34. The Morgan fingerprint density at radius 1 is 1.17 bits per heavy atom. The van der Waals surface area contributed by atoms with Crippen LogP contribution in [0.4, 0.5) is 22.0 Å². The zero-order valence-electron chi connectivity index (χ0n) is 11.6. The van der Waals surface area contributed by atoms with Crippen molar-refractivity contribution in [1.82, 2.24) is 10.3 Å². The van der Waals surface area contributed by atoms with Crippen molar-refractivity contribution in [2.24, 2.45) is 0 Å². The summed E-state index contributed by atoms with van der Waals surface area (Å²) >= 11 is 0. The van der Waals surface area contributed by atoms with Crippen LogP contribution in [0.3, 0.4) is 0 Å². The molecular weight excluding hydrogens is 319 g/mol. The summed E-state index contributed by atoms with van der Waals surface area (Å²) in [7, 11) is 0. The van der Waals surface area contributed by atoms with Gasteiger partial charge in [-0.2, -0.15) is 13.2 Å². The molecule has 1 aromatic carbocycles. The molecule has 0 aliphatic carbocycles. The van der Waals surface area contributed by atoms with Crippen LogP contribution in [0.15, 0.2) is 42.7 Å². The first-order valence-electron chi connectivity index (χ1n) is 6.48. The van der Waals surface area contributed by atoms with Crippen LogP contribution in [0.2, 0.25) is 0 Å². The van der Waals surface area contributed by atoms with Gasteiger partial charge in [0.2, 0.25) is 5.91 Å². The number of carbonyl (C=O) groups is 1. The van der Waals surface area contributed by atoms with Crippen LogP contribution in [0.1, 0.15) is 17.2 Å². The first-order valence-corrected chi connectivity index (χ1v) is 6.48. The standard InChI is InChI=1S/C15H11F5N2O/c16-11-5-1-4-10(13(11)17)14(15(18,19)20)22-12(23)7-9-3-2-6-21-8-9/h1-6,8,14H,7H2,(H,22,23)/t14-/m1/s1. The predicted octanol–water partition coefficient (Wildman–Crippen LogP) is 3.32. The number of pyridine rings is 1. The number of benzene rings is 1. The summed E-state index contributed by atoms with van der Waals surface area (Å²) in [6.07, 6.45) is -2.57. The summed E-state index contributed by atoms with van der Waals surface area (Å²) in [5.41, 5.74) is -0.581. The minimum atomic E-state index is -4.97. The second kappa shape index (κ2) is 6.72. The molecule has 0 fully saturated rings. The SMILES string of the molecule is O=C(Cc1cccnc1)N[C@H](c1cccc(F)c1F)C(F)(F)F. The average molecular weight is 330 g/mol. The molecule has 23 heavy (non-hydrogen) atoms. The van der Waals surface area contributed by atoms with E-state index in [1.807, 2.05) is 0 Å². The second-order valence-electron chi connectivity index (χ2n) is 4.72. The minimum absolute atomic E-state index is 0.364. The molecule has 1 aromatic heterocycles. The van der Waals surface area contributed by atoms with Gasteiger partial charge in [-0.15, -0.1) is 0 Å². The van der Waals surface area contributed by atoms with Crippen molar-refractivity contribution in [1.29, 1.82) is 0 Å². The third kappa shape index (κ3) is 4.24. The Balaban J connectivity index is 2.23. The monoisotopic (exact) mass is 330 g/mol. The molecule has 3 nitrogen and oxygen atoms in total. The van der Waals surface area contributed by atoms with Gasteiger partial charge < -0.3 is 5.32 Å². The lowest BCUT2D eigenvalue weighted by Gasteiger charge is -2.22. The highest BCUT2D eigenvalue weighted by Gasteiger charge is 2.43. The quantitative estimate of drug-likeness (QED) is 0.874. The maximum absolute atomic E-state index is 13.6. The number of hydrogen-bond donors (Lipinski definition) is 1. The van der Waals surface area contributed by atoms with E-state index in [0.29, 0.717) is 11.6 Å². The highest BCUT2D eigenvalue weighted by molar-refractivity contribution is 5.79. The van der Waals surface area contributed by atoms with Gasteiger partial charge in [-0.1, -0.05) is 18.2 Å². The van der Waals surface area contributed by atoms with E-state index < -0.39 is 35.3 Å². The smallest absolute Gasteiger partial charge is 0.340 e. The van der Waals surface area contributed by atoms with Crippen LogP contribution in [0, 0.1) is 11.6 Å². The fourth-order valence-corrected chi connectivity index (χ4v) is 1.98. The lowest BCUT2D eigenvalue weighted by Crippen LogP contribution is -2.39. The molecule has 2 aromatic rings. The molecular formula is C15H11F5N2O. The van der Waals surface area contributed by atoms with Gasteiger partial charge in [0.1, 0.15) is 0 Å². The lowest BCUT2D eigenvalue weighted by atomic mass is 10.0. The predicted molar refractivity (Wildman–Crippen MR) is 71.2 cm³/mol. The Bertz CT molecular complexity index is 688. The highest BCUT2D eigenvalue weighted by atomic mass is 19.4. The molecule has 0 saturated carbocycles. The third-order valence-corrected chi connectivity index (χ3v) is 3.01. The van der Waals surface area contributed by atoms with Crippen molar-refractivity contribution in [2.75, 3.05) is 0 Å². The summed E-state index contributed by atoms with van der Waals surface area (Å²) in [4.78, 5) is 15.5. The number of nitrogens with one attached hydrogen (secondary N) is 1. The van der Waals surface area contributed by atoms with E-state index in [1.54, 1.807) is 5.32 Å². The van der Waals surface area contributed by atoms with E-state index in [1.165, 1.54) is 24.5 Å². The number of carbonyl (C=O) groups excluding carboxylic acids is 1. The van der Waals surface area contributed by atoms with Crippen molar-refractivity contribution in [3.05, 3.63) is 65.5 Å². The molecule has 122 valence electrons. The van der Waals surface area contributed by atoms with Gasteiger partial charge in [0, 0.05) is 18.0 Å². The van der Waals surface area contributed by atoms with E-state index in [4.69, 9.17) is 0 Å². The summed E-state index contributed by atoms with van der Waals surface area (Å²) in [6.45, 7) is 0. The van der Waals surface area contributed by atoms with Crippen molar-refractivity contribution in [3.63, 3.8) is 0 Å². The normalized spacial score (nSPS) is 12.7. The Hall–Kier alpha value is -2.51. The van der Waals surface area contributed by atoms with Crippen LogP contribution in [0.5, 0.6) is 0 Å². The maximum atomic E-state index is 13.6. The lowest BCUT2D eigenvalue weighted by molar-refractivity contribution is -0.163. The Kier molecular flexibility index (Phi) is 4.92. The number of amides is 1. The number of rotatable bonds is 4. The summed E-state index contributed by atoms with van der Waals surface area (Å²) in [6, 6.07) is 2.82. The number of hydrogen-bond acceptors (Lipinski definition) is 2. The van der Waals surface area contributed by atoms with E-state index >= 15 is 0 Å². The summed E-state index contributed by atoms with van der Waals surface area (Å²) in [5, 5.41) is 1.69. The van der Waals surface area contributed by atoms with Gasteiger partial charge in [0.05, 0.1) is 6.42 Å². The molecule has 1 N–H and O–H groups in total. The third-order valence-electron chi connectivity index (χ3n) is 3.01. The number of aromatic nitrogens is 1. The van der Waals surface area contributed by atoms with Gasteiger partial charge >= 0.3 is 6.18 Å². The Morgan fingerprint density at radius 3 is 2.52 bits per heavy atom. The van der Waals surface area contributed by atoms with E-state index in [2.05, 4.69) is 4.98 Å². The van der Waals surface area contributed by atoms with Gasteiger partial charge in [-0.05, 0) is 17.7 Å². The van der Waals surface area contributed by atoms with E-state index in [9.17, 15) is 26.7 Å². The van der Waals surface area contributed by atoms with Crippen molar-refractivity contribution in [3.8, 4) is 0 Å². The maximum Gasteiger partial charge on any atom is 0.412 e. The van der Waals surface area contributed by atoms with Gasteiger partial charge in [0.15, 0.2) is 17.7 Å². The number of halogens is 5. The summed E-state index contributed by atoms with van der Waals surface area (Å²) < 4.78 is 66.1. The first-order chi connectivity index (χ1) is 10.8. The molecule has 0 saturated heterocycles. The average Bonchev–Trinajstić information content (AvgIpc) is 2.48. The molecule has 1 heterocycles. The topological polar surface area (TPSA) is 42.0 Å². The molecule has 1 atom stereocenters. The van der Waals surface area contributed by atoms with E-state index in [-0.39, 0.29) is 6.42 Å². The van der Waals surface area contributed by atoms with Crippen molar-refractivity contribution >= 4 is 5.91 Å². The molecule has 0 radical (unpaired) electrons. The van der Waals surface area contributed by atoms with Crippen molar-refractivity contribution in [2.45, 2.75) is 18.6 Å². The summed E-state index contributed by atoms with van der Waals surface area (Å²) in [5.74, 6) is -4.04. The zero-order chi connectivity index (χ0) is 17.0. The Labute approximate surface area is 128 Å². The molecule has 0 unspecified atom stereocenters. The zero-order valence-corrected chi connectivity index (χ0v) is 11.6. The number of alkyl halides is 3. The van der Waals surface area contributed by atoms with Gasteiger partial charge in [0.25, 0.3) is 0 Å². The van der Waals surface area contributed by atoms with Crippen LogP contribution < -0.4 is 5.32 Å². The molecule has 2 rings (SSSR count). The second-order valence-corrected chi connectivity index (χ2v) is 4.72. The fourth-order valence-electron chi connectivity index (χ4n) is 1.98. The molecule has 0 spiro atoms. The Morgan fingerprint density at radius 2 is 1.91 bits per heavy atom. The van der Waals surface area contributed by atoms with Gasteiger partial charge in [-0.3, -0.25) is 9.78 Å².